The minimum absolute atomic E-state index is 0.0555. The number of carboxylic acid groups (broad SMARTS) is 1. The molecule has 21 heavy (non-hydrogen) atoms. The Morgan fingerprint density at radius 1 is 1.10 bits per heavy atom. The van der Waals surface area contributed by atoms with Crippen LogP contribution >= 0.6 is 0 Å². The lowest BCUT2D eigenvalue weighted by Crippen LogP contribution is -2.30. The van der Waals surface area contributed by atoms with Crippen LogP contribution in [0.1, 0.15) is 25.7 Å². The van der Waals surface area contributed by atoms with E-state index in [4.69, 9.17) is 5.11 Å². The summed E-state index contributed by atoms with van der Waals surface area (Å²) < 4.78 is 39.1. The lowest BCUT2D eigenvalue weighted by molar-refractivity contribution is -0.137. The molecule has 0 spiro atoms. The molecule has 2 amide bonds. The lowest BCUT2D eigenvalue weighted by Gasteiger charge is -2.09. The molecule has 0 aliphatic heterocycles. The molecule has 0 aliphatic rings. The van der Waals surface area contributed by atoms with E-state index in [0.717, 1.165) is 0 Å². The summed E-state index contributed by atoms with van der Waals surface area (Å²) in [5.41, 5.74) is -0.587. The molecule has 3 N–H and O–H groups in total. The van der Waals surface area contributed by atoms with Crippen LogP contribution in [0.25, 0.3) is 0 Å². The third-order valence-corrected chi connectivity index (χ3v) is 2.59. The van der Waals surface area contributed by atoms with E-state index in [-0.39, 0.29) is 13.0 Å². The van der Waals surface area contributed by atoms with E-state index in [1.165, 1.54) is 0 Å². The summed E-state index contributed by atoms with van der Waals surface area (Å²) in [4.78, 5) is 21.7. The number of carbonyl (C=O) groups excluding carboxylic acids is 1. The van der Waals surface area contributed by atoms with E-state index in [1.54, 1.807) is 0 Å². The van der Waals surface area contributed by atoms with E-state index < -0.39 is 35.1 Å². The summed E-state index contributed by atoms with van der Waals surface area (Å²) in [5.74, 6) is -4.62. The topological polar surface area (TPSA) is 78.4 Å². The van der Waals surface area contributed by atoms with Gasteiger partial charge in [-0.05, 0) is 12.8 Å². The number of anilines is 1. The molecule has 0 saturated carbocycles. The molecule has 0 unspecified atom stereocenters. The number of halogens is 3. The number of aliphatic carboxylic acids is 1. The van der Waals surface area contributed by atoms with Crippen molar-refractivity contribution in [3.63, 3.8) is 0 Å². The van der Waals surface area contributed by atoms with Gasteiger partial charge < -0.3 is 15.7 Å². The van der Waals surface area contributed by atoms with E-state index in [0.29, 0.717) is 31.4 Å². The minimum Gasteiger partial charge on any atom is -0.481 e. The Hall–Kier alpha value is -2.25. The molecule has 8 heteroatoms. The SMILES string of the molecule is O=C(O)CCCCCNC(=O)Nc1cc(F)cc(F)c1F. The maximum Gasteiger partial charge on any atom is 0.319 e. The number of rotatable bonds is 7. The first-order valence-electron chi connectivity index (χ1n) is 6.31. The number of hydrogen-bond acceptors (Lipinski definition) is 2. The van der Waals surface area contributed by atoms with Crippen molar-refractivity contribution in [2.45, 2.75) is 25.7 Å². The van der Waals surface area contributed by atoms with Crippen molar-refractivity contribution in [3.8, 4) is 0 Å². The first-order valence-corrected chi connectivity index (χ1v) is 6.31. The highest BCUT2D eigenvalue weighted by molar-refractivity contribution is 5.89. The van der Waals surface area contributed by atoms with Crippen molar-refractivity contribution in [1.82, 2.24) is 5.32 Å². The van der Waals surface area contributed by atoms with E-state index in [1.807, 2.05) is 5.32 Å². The number of urea groups is 1. The number of hydrogen-bond donors (Lipinski definition) is 3. The van der Waals surface area contributed by atoms with Crippen molar-refractivity contribution in [2.75, 3.05) is 11.9 Å². The molecule has 0 bridgehead atoms. The van der Waals surface area contributed by atoms with E-state index >= 15 is 0 Å². The van der Waals surface area contributed by atoms with Gasteiger partial charge in [-0.1, -0.05) is 6.42 Å². The van der Waals surface area contributed by atoms with Crippen molar-refractivity contribution >= 4 is 17.7 Å². The zero-order valence-corrected chi connectivity index (χ0v) is 11.1. The average Bonchev–Trinajstić information content (AvgIpc) is 2.39. The lowest BCUT2D eigenvalue weighted by atomic mass is 10.2. The van der Waals surface area contributed by atoms with Gasteiger partial charge in [0.15, 0.2) is 11.6 Å². The van der Waals surface area contributed by atoms with Gasteiger partial charge in [0.25, 0.3) is 0 Å². The van der Waals surface area contributed by atoms with Gasteiger partial charge in [0.05, 0.1) is 5.69 Å². The second kappa shape index (κ2) is 8.13. The summed E-state index contributed by atoms with van der Waals surface area (Å²) >= 11 is 0. The van der Waals surface area contributed by atoms with Crippen molar-refractivity contribution in [2.24, 2.45) is 0 Å². The van der Waals surface area contributed by atoms with Gasteiger partial charge in [0.2, 0.25) is 0 Å². The Bertz CT molecular complexity index is 524. The molecule has 0 fully saturated rings. The maximum absolute atomic E-state index is 13.3. The minimum atomic E-state index is -1.39. The van der Waals surface area contributed by atoms with E-state index in [9.17, 15) is 22.8 Å². The fraction of sp³-hybridized carbons (Fsp3) is 0.385. The van der Waals surface area contributed by atoms with Gasteiger partial charge >= 0.3 is 12.0 Å². The predicted octanol–water partition coefficient (Wildman–Crippen LogP) is 2.87. The number of amides is 2. The maximum atomic E-state index is 13.3. The van der Waals surface area contributed by atoms with Gasteiger partial charge in [-0.25, -0.2) is 18.0 Å². The van der Waals surface area contributed by atoms with Gasteiger partial charge in [-0.15, -0.1) is 0 Å². The molecule has 5 nitrogen and oxygen atoms in total. The third-order valence-electron chi connectivity index (χ3n) is 2.59. The normalized spacial score (nSPS) is 10.2. The van der Waals surface area contributed by atoms with Crippen LogP contribution in [0.5, 0.6) is 0 Å². The summed E-state index contributed by atoms with van der Waals surface area (Å²) in [5, 5.41) is 12.8. The molecule has 0 atom stereocenters. The Labute approximate surface area is 119 Å². The van der Waals surface area contributed by atoms with Crippen LogP contribution in [0.3, 0.4) is 0 Å². The van der Waals surface area contributed by atoms with Crippen molar-refractivity contribution in [3.05, 3.63) is 29.6 Å². The number of carbonyl (C=O) groups is 2. The average molecular weight is 304 g/mol. The largest absolute Gasteiger partial charge is 0.481 e. The van der Waals surface area contributed by atoms with Crippen LogP contribution in [0.2, 0.25) is 0 Å². The van der Waals surface area contributed by atoms with Gasteiger partial charge in [-0.3, -0.25) is 4.79 Å². The quantitative estimate of drug-likeness (QED) is 0.535. The molecule has 0 radical (unpaired) electrons. The van der Waals surface area contributed by atoms with E-state index in [2.05, 4.69) is 5.32 Å². The Kier molecular flexibility index (Phi) is 6.51. The van der Waals surface area contributed by atoms with Crippen LogP contribution in [0.4, 0.5) is 23.7 Å². The fourth-order valence-corrected chi connectivity index (χ4v) is 1.59. The van der Waals surface area contributed by atoms with Crippen molar-refractivity contribution < 1.29 is 27.9 Å². The van der Waals surface area contributed by atoms with Crippen LogP contribution in [-0.4, -0.2) is 23.7 Å². The predicted molar refractivity (Wildman–Crippen MR) is 69.4 cm³/mol. The molecule has 0 aromatic heterocycles. The first-order chi connectivity index (χ1) is 9.90. The smallest absolute Gasteiger partial charge is 0.319 e. The highest BCUT2D eigenvalue weighted by Gasteiger charge is 2.13. The molecule has 0 aliphatic carbocycles. The Morgan fingerprint density at radius 2 is 1.81 bits per heavy atom. The highest BCUT2D eigenvalue weighted by atomic mass is 19.2. The number of benzene rings is 1. The standard InChI is InChI=1S/C13H15F3N2O3/c14-8-6-9(15)12(16)10(7-8)18-13(21)17-5-3-1-2-4-11(19)20/h6-7H,1-5H2,(H,19,20)(H2,17,18,21). The van der Waals surface area contributed by atoms with Gasteiger partial charge in [-0.2, -0.15) is 0 Å². The summed E-state index contributed by atoms with van der Waals surface area (Å²) in [7, 11) is 0. The molecule has 1 rings (SSSR count). The molecule has 1 aromatic rings. The Balaban J connectivity index is 2.33. The third kappa shape index (κ3) is 6.15. The van der Waals surface area contributed by atoms with Gasteiger partial charge in [0, 0.05) is 25.1 Å². The van der Waals surface area contributed by atoms with Crippen LogP contribution in [-0.2, 0) is 4.79 Å². The summed E-state index contributed by atoms with van der Waals surface area (Å²) in [6, 6.07) is 0.253. The zero-order chi connectivity index (χ0) is 15.8. The molecule has 1 aromatic carbocycles. The van der Waals surface area contributed by atoms with Gasteiger partial charge in [0.1, 0.15) is 5.82 Å². The molecular formula is C13H15F3N2O3. The second-order valence-electron chi connectivity index (χ2n) is 4.33. The fourth-order valence-electron chi connectivity index (χ4n) is 1.59. The molecule has 0 heterocycles. The van der Waals surface area contributed by atoms with Crippen LogP contribution < -0.4 is 10.6 Å². The second-order valence-corrected chi connectivity index (χ2v) is 4.33. The number of unbranched alkanes of at least 4 members (excludes halogenated alkanes) is 2. The number of nitrogens with one attached hydrogen (secondary N) is 2. The first kappa shape index (κ1) is 16.8. The molecular weight excluding hydrogens is 289 g/mol. The molecule has 116 valence electrons. The van der Waals surface area contributed by atoms with Crippen LogP contribution in [0.15, 0.2) is 12.1 Å². The summed E-state index contributed by atoms with van der Waals surface area (Å²) in [6.45, 7) is 0.241. The van der Waals surface area contributed by atoms with Crippen molar-refractivity contribution in [1.29, 1.82) is 0 Å². The molecule has 0 saturated heterocycles. The Morgan fingerprint density at radius 3 is 2.48 bits per heavy atom. The zero-order valence-electron chi connectivity index (χ0n) is 11.1. The van der Waals surface area contributed by atoms with Crippen LogP contribution in [0, 0.1) is 17.5 Å². The highest BCUT2D eigenvalue weighted by Crippen LogP contribution is 2.18. The number of carboxylic acids is 1. The summed E-state index contributed by atoms with van der Waals surface area (Å²) in [6.07, 6.45) is 1.69. The monoisotopic (exact) mass is 304 g/mol.